The summed E-state index contributed by atoms with van der Waals surface area (Å²) in [6, 6.07) is 0. The topological polar surface area (TPSA) is 114 Å². The molecule has 1 fully saturated rings. The lowest BCUT2D eigenvalue weighted by Crippen LogP contribution is -2.57. The van der Waals surface area contributed by atoms with E-state index < -0.39 is 36.5 Å². The lowest BCUT2D eigenvalue weighted by molar-refractivity contribution is -0.205. The van der Waals surface area contributed by atoms with Crippen molar-refractivity contribution in [1.29, 1.82) is 5.41 Å². The van der Waals surface area contributed by atoms with Gasteiger partial charge >= 0.3 is 0 Å². The Morgan fingerprint density at radius 2 is 1.81 bits per heavy atom. The molecule has 0 aromatic rings. The Bertz CT molecular complexity index is 319. The minimum absolute atomic E-state index is 0.378. The smallest absolute Gasteiger partial charge is 0.137 e. The quantitative estimate of drug-likeness (QED) is 0.247. The molecule has 1 rings (SSSR count). The molecule has 0 radical (unpaired) electrons. The van der Waals surface area contributed by atoms with Gasteiger partial charge in [-0.2, -0.15) is 11.8 Å². The van der Waals surface area contributed by atoms with Crippen LogP contribution in [-0.4, -0.2) is 73.9 Å². The number of aliphatic hydroxyl groups excluding tert-OH is 4. The van der Waals surface area contributed by atoms with Crippen LogP contribution in [0.5, 0.6) is 0 Å². The van der Waals surface area contributed by atoms with Crippen LogP contribution in [0.2, 0.25) is 0 Å². The van der Waals surface area contributed by atoms with Crippen molar-refractivity contribution in [3.8, 4) is 0 Å². The largest absolute Gasteiger partial charge is 0.394 e. The Morgan fingerprint density at radius 1 is 1.10 bits per heavy atom. The molecule has 5 atom stereocenters. The second kappa shape index (κ2) is 10.0. The fourth-order valence-electron chi connectivity index (χ4n) is 2.07. The Morgan fingerprint density at radius 3 is 2.43 bits per heavy atom. The summed E-state index contributed by atoms with van der Waals surface area (Å²) < 4.78 is 5.35. The van der Waals surface area contributed by atoms with Gasteiger partial charge in [0.25, 0.3) is 0 Å². The molecule has 21 heavy (non-hydrogen) atoms. The van der Waals surface area contributed by atoms with E-state index in [1.54, 1.807) is 11.8 Å². The first-order valence-electron chi connectivity index (χ1n) is 7.04. The van der Waals surface area contributed by atoms with Crippen LogP contribution in [0.15, 0.2) is 0 Å². The zero-order valence-corrected chi connectivity index (χ0v) is 13.8. The molecule has 0 aromatic heterocycles. The summed E-state index contributed by atoms with van der Waals surface area (Å²) >= 11 is 2.85. The van der Waals surface area contributed by atoms with E-state index in [-0.39, 0.29) is 0 Å². The predicted octanol–water partition coefficient (Wildman–Crippen LogP) is 0.420. The fourth-order valence-corrected chi connectivity index (χ4v) is 3.61. The number of unbranched alkanes of at least 4 members (excludes halogenated alkanes) is 2. The maximum atomic E-state index is 9.87. The fraction of sp³-hybridized carbons (Fsp3) is 0.923. The minimum Gasteiger partial charge on any atom is -0.394 e. The molecule has 1 heterocycles. The molecule has 0 unspecified atom stereocenters. The molecule has 0 aliphatic carbocycles. The number of aliphatic hydroxyl groups is 4. The minimum atomic E-state index is -1.37. The first kappa shape index (κ1) is 19.2. The van der Waals surface area contributed by atoms with Crippen molar-refractivity contribution < 1.29 is 25.2 Å². The Labute approximate surface area is 133 Å². The van der Waals surface area contributed by atoms with Crippen LogP contribution in [-0.2, 0) is 4.74 Å². The zero-order chi connectivity index (χ0) is 15.8. The first-order valence-corrected chi connectivity index (χ1v) is 9.32. The molecule has 0 saturated carbocycles. The van der Waals surface area contributed by atoms with Crippen LogP contribution >= 0.6 is 23.5 Å². The highest BCUT2D eigenvalue weighted by Gasteiger charge is 2.43. The molecule has 0 amide bonds. The predicted molar refractivity (Wildman–Crippen MR) is 85.9 cm³/mol. The SMILES string of the molecule is CSCCCCCC(=N)S[C@@H]1O[C@H](CO)[C@@H](O)[C@H](O)[C@H]1O. The van der Waals surface area contributed by atoms with Gasteiger partial charge in [0, 0.05) is 0 Å². The van der Waals surface area contributed by atoms with E-state index in [0.717, 1.165) is 36.8 Å². The van der Waals surface area contributed by atoms with Crippen LogP contribution in [0.1, 0.15) is 25.7 Å². The molecule has 124 valence electrons. The van der Waals surface area contributed by atoms with Crippen molar-refractivity contribution in [3.05, 3.63) is 0 Å². The molecule has 1 aliphatic rings. The zero-order valence-electron chi connectivity index (χ0n) is 12.1. The third-order valence-corrected chi connectivity index (χ3v) is 5.17. The summed E-state index contributed by atoms with van der Waals surface area (Å²) in [4.78, 5) is 0. The number of ether oxygens (including phenoxy) is 1. The van der Waals surface area contributed by atoms with E-state index in [1.807, 2.05) is 0 Å². The van der Waals surface area contributed by atoms with Crippen molar-refractivity contribution in [3.63, 3.8) is 0 Å². The number of rotatable bonds is 8. The van der Waals surface area contributed by atoms with Crippen molar-refractivity contribution in [2.45, 2.75) is 55.5 Å². The third-order valence-electron chi connectivity index (χ3n) is 3.36. The van der Waals surface area contributed by atoms with E-state index in [0.29, 0.717) is 11.5 Å². The van der Waals surface area contributed by atoms with Gasteiger partial charge in [-0.05, 0) is 31.3 Å². The summed E-state index contributed by atoms with van der Waals surface area (Å²) in [6.07, 6.45) is 0.859. The molecule has 5 N–H and O–H groups in total. The Hall–Kier alpha value is 0.170. The van der Waals surface area contributed by atoms with Gasteiger partial charge in [0.1, 0.15) is 29.9 Å². The van der Waals surface area contributed by atoms with E-state index in [1.165, 1.54) is 0 Å². The molecule has 1 saturated heterocycles. The van der Waals surface area contributed by atoms with Crippen LogP contribution in [0.4, 0.5) is 0 Å². The van der Waals surface area contributed by atoms with Gasteiger partial charge in [-0.3, -0.25) is 5.41 Å². The molecular formula is C13H25NO5S2. The van der Waals surface area contributed by atoms with Gasteiger partial charge in [0.05, 0.1) is 11.7 Å². The maximum Gasteiger partial charge on any atom is 0.137 e. The van der Waals surface area contributed by atoms with Crippen molar-refractivity contribution in [2.24, 2.45) is 0 Å². The highest BCUT2D eigenvalue weighted by atomic mass is 32.2. The van der Waals surface area contributed by atoms with Gasteiger partial charge in [0.15, 0.2) is 0 Å². The normalized spacial score (nSPS) is 33.1. The van der Waals surface area contributed by atoms with Gasteiger partial charge in [-0.15, -0.1) is 0 Å². The third kappa shape index (κ3) is 6.05. The molecule has 0 aromatic carbocycles. The molecule has 8 heteroatoms. The lowest BCUT2D eigenvalue weighted by Gasteiger charge is -2.39. The summed E-state index contributed by atoms with van der Waals surface area (Å²) in [5, 5.41) is 46.6. The monoisotopic (exact) mass is 339 g/mol. The number of nitrogens with one attached hydrogen (secondary N) is 1. The average molecular weight is 339 g/mol. The van der Waals surface area contributed by atoms with Gasteiger partial charge in [0.2, 0.25) is 0 Å². The summed E-state index contributed by atoms with van der Waals surface area (Å²) in [6.45, 7) is -0.440. The summed E-state index contributed by atoms with van der Waals surface area (Å²) in [5.41, 5.74) is -0.834. The van der Waals surface area contributed by atoms with E-state index >= 15 is 0 Å². The Kier molecular flexibility index (Phi) is 9.19. The molecule has 1 aliphatic heterocycles. The molecule has 0 bridgehead atoms. The van der Waals surface area contributed by atoms with Crippen LogP contribution in [0.3, 0.4) is 0 Å². The second-order valence-electron chi connectivity index (χ2n) is 5.04. The maximum absolute atomic E-state index is 9.87. The first-order chi connectivity index (χ1) is 10.0. The molecule has 0 spiro atoms. The van der Waals surface area contributed by atoms with Crippen molar-refractivity contribution >= 4 is 28.6 Å². The van der Waals surface area contributed by atoms with Gasteiger partial charge in [-0.25, -0.2) is 0 Å². The number of hydrogen-bond acceptors (Lipinski definition) is 8. The van der Waals surface area contributed by atoms with Crippen molar-refractivity contribution in [1.82, 2.24) is 0 Å². The van der Waals surface area contributed by atoms with Crippen LogP contribution in [0, 0.1) is 5.41 Å². The highest BCUT2D eigenvalue weighted by Crippen LogP contribution is 2.30. The standard InChI is InChI=1S/C13H25NO5S2/c1-20-6-4-2-3-5-9(14)21-13-12(18)11(17)10(16)8(7-15)19-13/h8,10-18H,2-7H2,1H3/t8-,10-,11+,12-,13+/m1/s1. The number of hydrogen-bond donors (Lipinski definition) is 5. The summed E-state index contributed by atoms with van der Waals surface area (Å²) in [7, 11) is 0. The number of thioether (sulfide) groups is 2. The van der Waals surface area contributed by atoms with E-state index in [2.05, 4.69) is 6.26 Å². The molecular weight excluding hydrogens is 314 g/mol. The average Bonchev–Trinajstić information content (AvgIpc) is 2.47. The van der Waals surface area contributed by atoms with E-state index in [4.69, 9.17) is 15.3 Å². The van der Waals surface area contributed by atoms with Crippen molar-refractivity contribution in [2.75, 3.05) is 18.6 Å². The van der Waals surface area contributed by atoms with Gasteiger partial charge < -0.3 is 25.2 Å². The Balaban J connectivity index is 2.36. The van der Waals surface area contributed by atoms with Gasteiger partial charge in [-0.1, -0.05) is 18.2 Å². The van der Waals surface area contributed by atoms with Crippen LogP contribution in [0.25, 0.3) is 0 Å². The lowest BCUT2D eigenvalue weighted by atomic mass is 10.0. The van der Waals surface area contributed by atoms with Crippen LogP contribution < -0.4 is 0 Å². The highest BCUT2D eigenvalue weighted by molar-refractivity contribution is 8.14. The summed E-state index contributed by atoms with van der Waals surface area (Å²) in [5.74, 6) is 1.12. The second-order valence-corrected chi connectivity index (χ2v) is 7.22. The molecule has 6 nitrogen and oxygen atoms in total. The van der Waals surface area contributed by atoms with E-state index in [9.17, 15) is 15.3 Å².